The molecule has 0 aromatic heterocycles. The highest BCUT2D eigenvalue weighted by atomic mass is 19.1. The van der Waals surface area contributed by atoms with Crippen molar-refractivity contribution in [2.45, 2.75) is 37.7 Å². The van der Waals surface area contributed by atoms with Gasteiger partial charge in [-0.05, 0) is 85.2 Å². The molecular formula is C25H21F2NO2. The molecule has 1 N–H and O–H groups in total. The van der Waals surface area contributed by atoms with Crippen molar-refractivity contribution in [3.63, 3.8) is 0 Å². The minimum atomic E-state index is -0.560. The van der Waals surface area contributed by atoms with E-state index in [4.69, 9.17) is 14.9 Å². The van der Waals surface area contributed by atoms with E-state index in [0.29, 0.717) is 41.2 Å². The van der Waals surface area contributed by atoms with Crippen LogP contribution in [-0.2, 0) is 6.42 Å². The Kier molecular flexibility index (Phi) is 4.74. The largest absolute Gasteiger partial charge is 0.486 e. The molecule has 2 aliphatic carbocycles. The van der Waals surface area contributed by atoms with Crippen molar-refractivity contribution in [3.05, 3.63) is 88.5 Å². The molecule has 3 aromatic carbocycles. The molecule has 1 unspecified atom stereocenters. The quantitative estimate of drug-likeness (QED) is 0.464. The molecule has 3 aromatic rings. The molecule has 2 aliphatic rings. The SMILES string of the molecule is N=Cc1ccc(Oc2ccc(F)c3c2CCC3Oc2ccc(C3CC3)cc2)c(F)c1. The first-order valence-corrected chi connectivity index (χ1v) is 10.2. The topological polar surface area (TPSA) is 42.3 Å². The first-order valence-electron chi connectivity index (χ1n) is 10.2. The van der Waals surface area contributed by atoms with Crippen molar-refractivity contribution in [1.82, 2.24) is 0 Å². The number of halogens is 2. The normalized spacial score (nSPS) is 17.5. The van der Waals surface area contributed by atoms with Crippen LogP contribution in [0.3, 0.4) is 0 Å². The van der Waals surface area contributed by atoms with Crippen LogP contribution in [0.1, 0.15) is 53.5 Å². The summed E-state index contributed by atoms with van der Waals surface area (Å²) in [6.45, 7) is 0. The molecule has 0 aliphatic heterocycles. The molecule has 0 spiro atoms. The molecule has 0 heterocycles. The fourth-order valence-electron chi connectivity index (χ4n) is 4.06. The third-order valence-electron chi connectivity index (χ3n) is 5.79. The van der Waals surface area contributed by atoms with Gasteiger partial charge in [0.2, 0.25) is 0 Å². The number of hydrogen-bond acceptors (Lipinski definition) is 3. The Balaban J connectivity index is 1.39. The van der Waals surface area contributed by atoms with Crippen LogP contribution in [0.15, 0.2) is 54.6 Å². The predicted octanol–water partition coefficient (Wildman–Crippen LogP) is 6.70. The van der Waals surface area contributed by atoms with Crippen molar-refractivity contribution in [3.8, 4) is 17.2 Å². The second-order valence-electron chi connectivity index (χ2n) is 7.86. The highest BCUT2D eigenvalue weighted by molar-refractivity contribution is 5.77. The Morgan fingerprint density at radius 2 is 1.63 bits per heavy atom. The van der Waals surface area contributed by atoms with E-state index in [9.17, 15) is 8.78 Å². The van der Waals surface area contributed by atoms with Gasteiger partial charge in [-0.3, -0.25) is 0 Å². The maximum Gasteiger partial charge on any atom is 0.166 e. The first kappa shape index (κ1) is 18.8. The zero-order valence-corrected chi connectivity index (χ0v) is 16.3. The van der Waals surface area contributed by atoms with Crippen LogP contribution in [0.25, 0.3) is 0 Å². The van der Waals surface area contributed by atoms with Gasteiger partial charge in [0, 0.05) is 17.3 Å². The molecule has 0 bridgehead atoms. The maximum absolute atomic E-state index is 14.7. The van der Waals surface area contributed by atoms with E-state index in [1.807, 2.05) is 12.1 Å². The van der Waals surface area contributed by atoms with E-state index in [2.05, 4.69) is 12.1 Å². The molecule has 5 heteroatoms. The van der Waals surface area contributed by atoms with Gasteiger partial charge in [0.15, 0.2) is 11.6 Å². The summed E-state index contributed by atoms with van der Waals surface area (Å²) in [4.78, 5) is 0. The minimum Gasteiger partial charge on any atom is -0.486 e. The lowest BCUT2D eigenvalue weighted by molar-refractivity contribution is 0.203. The molecule has 0 radical (unpaired) electrons. The van der Waals surface area contributed by atoms with Crippen LogP contribution in [0, 0.1) is 17.0 Å². The van der Waals surface area contributed by atoms with Crippen LogP contribution in [0.4, 0.5) is 8.78 Å². The molecule has 1 saturated carbocycles. The lowest BCUT2D eigenvalue weighted by Gasteiger charge is -2.17. The standard InChI is InChI=1S/C25H21F2NO2/c26-20-9-12-22(30-23-10-1-15(14-28)13-21(23)27)19-8-11-24(25(19)20)29-18-6-4-17(5-7-18)16-2-3-16/h1,4-7,9-10,12-14,16,24,28H,2-3,8,11H2. The van der Waals surface area contributed by atoms with Crippen molar-refractivity contribution in [2.24, 2.45) is 0 Å². The molecule has 5 rings (SSSR count). The molecular weight excluding hydrogens is 384 g/mol. The van der Waals surface area contributed by atoms with Gasteiger partial charge in [-0.15, -0.1) is 0 Å². The average molecular weight is 405 g/mol. The zero-order valence-electron chi connectivity index (χ0n) is 16.3. The van der Waals surface area contributed by atoms with Gasteiger partial charge in [0.1, 0.15) is 23.4 Å². The Labute approximate surface area is 173 Å². The van der Waals surface area contributed by atoms with Gasteiger partial charge in [0.25, 0.3) is 0 Å². The number of fused-ring (bicyclic) bond motifs is 1. The fourth-order valence-corrected chi connectivity index (χ4v) is 4.06. The van der Waals surface area contributed by atoms with Gasteiger partial charge < -0.3 is 14.9 Å². The summed E-state index contributed by atoms with van der Waals surface area (Å²) >= 11 is 0. The molecule has 152 valence electrons. The molecule has 30 heavy (non-hydrogen) atoms. The molecule has 3 nitrogen and oxygen atoms in total. The monoisotopic (exact) mass is 405 g/mol. The second kappa shape index (κ2) is 7.56. The first-order chi connectivity index (χ1) is 14.6. The van der Waals surface area contributed by atoms with E-state index >= 15 is 0 Å². The number of benzene rings is 3. The van der Waals surface area contributed by atoms with E-state index in [0.717, 1.165) is 12.0 Å². The average Bonchev–Trinajstić information content (AvgIpc) is 3.52. The van der Waals surface area contributed by atoms with E-state index < -0.39 is 11.9 Å². The van der Waals surface area contributed by atoms with Gasteiger partial charge in [0.05, 0.1) is 0 Å². The highest BCUT2D eigenvalue weighted by Crippen LogP contribution is 2.44. The number of ether oxygens (including phenoxy) is 2. The molecule has 1 atom stereocenters. The maximum atomic E-state index is 14.7. The summed E-state index contributed by atoms with van der Waals surface area (Å²) in [7, 11) is 0. The third-order valence-corrected chi connectivity index (χ3v) is 5.79. The predicted molar refractivity (Wildman–Crippen MR) is 111 cm³/mol. The Morgan fingerprint density at radius 1 is 0.867 bits per heavy atom. The summed E-state index contributed by atoms with van der Waals surface area (Å²) in [5, 5.41) is 7.22. The summed E-state index contributed by atoms with van der Waals surface area (Å²) in [5.74, 6) is 0.982. The van der Waals surface area contributed by atoms with Crippen molar-refractivity contribution >= 4 is 6.21 Å². The molecule has 0 saturated heterocycles. The van der Waals surface area contributed by atoms with Crippen LogP contribution >= 0.6 is 0 Å². The van der Waals surface area contributed by atoms with Gasteiger partial charge in [-0.25, -0.2) is 8.78 Å². The lowest BCUT2D eigenvalue weighted by atomic mass is 10.1. The third kappa shape index (κ3) is 3.56. The highest BCUT2D eigenvalue weighted by Gasteiger charge is 2.31. The lowest BCUT2D eigenvalue weighted by Crippen LogP contribution is -2.06. The van der Waals surface area contributed by atoms with Crippen LogP contribution in [0.5, 0.6) is 17.2 Å². The summed E-state index contributed by atoms with van der Waals surface area (Å²) in [6.07, 6.45) is 4.38. The zero-order chi connectivity index (χ0) is 20.7. The Hall–Kier alpha value is -3.21. The number of nitrogens with one attached hydrogen (secondary N) is 1. The molecule has 1 fully saturated rings. The van der Waals surface area contributed by atoms with Gasteiger partial charge in [-0.1, -0.05) is 12.1 Å². The van der Waals surface area contributed by atoms with Gasteiger partial charge >= 0.3 is 0 Å². The van der Waals surface area contributed by atoms with Crippen LogP contribution < -0.4 is 9.47 Å². The van der Waals surface area contributed by atoms with Crippen LogP contribution in [0.2, 0.25) is 0 Å². The van der Waals surface area contributed by atoms with Crippen LogP contribution in [-0.4, -0.2) is 6.21 Å². The minimum absolute atomic E-state index is 0.0504. The van der Waals surface area contributed by atoms with Crippen molar-refractivity contribution in [1.29, 1.82) is 5.41 Å². The Bertz CT molecular complexity index is 1110. The van der Waals surface area contributed by atoms with E-state index in [1.54, 1.807) is 6.07 Å². The number of hydrogen-bond donors (Lipinski definition) is 1. The summed E-state index contributed by atoms with van der Waals surface area (Å²) in [6, 6.07) is 15.3. The second-order valence-corrected chi connectivity index (χ2v) is 7.86. The van der Waals surface area contributed by atoms with E-state index in [-0.39, 0.29) is 11.6 Å². The Morgan fingerprint density at radius 3 is 2.33 bits per heavy atom. The fraction of sp³-hybridized carbons (Fsp3) is 0.240. The summed E-state index contributed by atoms with van der Waals surface area (Å²) < 4.78 is 40.9. The smallest absolute Gasteiger partial charge is 0.166 e. The van der Waals surface area contributed by atoms with E-state index in [1.165, 1.54) is 42.7 Å². The van der Waals surface area contributed by atoms with Crippen molar-refractivity contribution < 1.29 is 18.3 Å². The summed E-state index contributed by atoms with van der Waals surface area (Å²) in [5.41, 5.74) is 2.97. The number of rotatable bonds is 6. The molecule has 0 amide bonds. The van der Waals surface area contributed by atoms with Gasteiger partial charge in [-0.2, -0.15) is 0 Å². The van der Waals surface area contributed by atoms with Crippen molar-refractivity contribution in [2.75, 3.05) is 0 Å².